The molecule has 134 valence electrons. The van der Waals surface area contributed by atoms with Crippen LogP contribution >= 0.6 is 0 Å². The van der Waals surface area contributed by atoms with Gasteiger partial charge in [-0.05, 0) is 32.0 Å². The first-order valence-corrected chi connectivity index (χ1v) is 9.14. The van der Waals surface area contributed by atoms with E-state index in [9.17, 15) is 4.79 Å². The molecular formula is C20H28N4O. The molecule has 5 nitrogen and oxygen atoms in total. The van der Waals surface area contributed by atoms with E-state index in [1.807, 2.05) is 42.5 Å². The summed E-state index contributed by atoms with van der Waals surface area (Å²) in [5.41, 5.74) is 1.24. The number of carbonyl (C=O) groups is 1. The molecule has 5 heteroatoms. The van der Waals surface area contributed by atoms with Crippen LogP contribution < -0.4 is 0 Å². The van der Waals surface area contributed by atoms with Crippen LogP contribution in [0.5, 0.6) is 0 Å². The molecule has 2 aromatic rings. The number of aromatic nitrogens is 2. The number of likely N-dealkylation sites (tertiary alicyclic amines) is 1. The van der Waals surface area contributed by atoms with Gasteiger partial charge in [-0.3, -0.25) is 9.69 Å². The summed E-state index contributed by atoms with van der Waals surface area (Å²) in [7, 11) is 3.96. The molecule has 1 aromatic heterocycles. The van der Waals surface area contributed by atoms with E-state index in [4.69, 9.17) is 0 Å². The zero-order chi connectivity index (χ0) is 17.6. The fourth-order valence-electron chi connectivity index (χ4n) is 3.52. The first kappa shape index (κ1) is 17.7. The molecule has 2 heterocycles. The van der Waals surface area contributed by atoms with E-state index in [1.54, 1.807) is 0 Å². The highest BCUT2D eigenvalue weighted by molar-refractivity contribution is 5.81. The quantitative estimate of drug-likeness (QED) is 0.840. The number of amides is 1. The second-order valence-electron chi connectivity index (χ2n) is 7.00. The Morgan fingerprint density at radius 2 is 2.04 bits per heavy atom. The molecule has 1 unspecified atom stereocenters. The molecule has 0 saturated carbocycles. The fraction of sp³-hybridized carbons (Fsp3) is 0.500. The predicted octanol–water partition coefficient (Wildman–Crippen LogP) is 2.76. The van der Waals surface area contributed by atoms with Gasteiger partial charge in [0.2, 0.25) is 5.91 Å². The van der Waals surface area contributed by atoms with Gasteiger partial charge in [0.05, 0.1) is 12.6 Å². The summed E-state index contributed by atoms with van der Waals surface area (Å²) in [6.07, 6.45) is 8.30. The maximum absolute atomic E-state index is 12.9. The van der Waals surface area contributed by atoms with Gasteiger partial charge < -0.3 is 9.47 Å². The van der Waals surface area contributed by atoms with Gasteiger partial charge in [-0.1, -0.05) is 43.2 Å². The first-order valence-electron chi connectivity index (χ1n) is 9.14. The van der Waals surface area contributed by atoms with Crippen LogP contribution in [0, 0.1) is 0 Å². The number of rotatable bonds is 5. The van der Waals surface area contributed by atoms with Crippen LogP contribution in [-0.2, 0) is 17.9 Å². The van der Waals surface area contributed by atoms with Crippen molar-refractivity contribution in [3.8, 4) is 0 Å². The Morgan fingerprint density at radius 3 is 2.84 bits per heavy atom. The zero-order valence-electron chi connectivity index (χ0n) is 15.3. The van der Waals surface area contributed by atoms with E-state index < -0.39 is 0 Å². The summed E-state index contributed by atoms with van der Waals surface area (Å²) in [6.45, 7) is 2.33. The Balaban J connectivity index is 1.65. The molecule has 0 spiro atoms. The minimum atomic E-state index is 0.00466. The maximum Gasteiger partial charge on any atom is 0.240 e. The number of carbonyl (C=O) groups excluding carboxylic acids is 1. The van der Waals surface area contributed by atoms with Crippen LogP contribution in [-0.4, -0.2) is 51.9 Å². The molecular weight excluding hydrogens is 312 g/mol. The van der Waals surface area contributed by atoms with Crippen molar-refractivity contribution in [2.45, 2.75) is 44.8 Å². The SMILES string of the molecule is CN(Cc1nccn1Cc1ccccc1)C(=O)C1CCCCCN1C. The van der Waals surface area contributed by atoms with Crippen LogP contribution in [0.3, 0.4) is 0 Å². The third-order valence-corrected chi connectivity index (χ3v) is 5.06. The molecule has 25 heavy (non-hydrogen) atoms. The minimum absolute atomic E-state index is 0.00466. The Bertz CT molecular complexity index is 682. The van der Waals surface area contributed by atoms with Gasteiger partial charge in [-0.2, -0.15) is 0 Å². The highest BCUT2D eigenvalue weighted by Crippen LogP contribution is 2.17. The molecule has 1 amide bonds. The lowest BCUT2D eigenvalue weighted by Crippen LogP contribution is -2.45. The van der Waals surface area contributed by atoms with Gasteiger partial charge in [0.1, 0.15) is 5.82 Å². The van der Waals surface area contributed by atoms with Gasteiger partial charge in [0, 0.05) is 26.0 Å². The lowest BCUT2D eigenvalue weighted by Gasteiger charge is -2.29. The van der Waals surface area contributed by atoms with Crippen molar-refractivity contribution < 1.29 is 4.79 Å². The molecule has 0 radical (unpaired) electrons. The van der Waals surface area contributed by atoms with Gasteiger partial charge in [0.25, 0.3) is 0 Å². The van der Waals surface area contributed by atoms with Gasteiger partial charge >= 0.3 is 0 Å². The van der Waals surface area contributed by atoms with E-state index >= 15 is 0 Å². The van der Waals surface area contributed by atoms with Crippen LogP contribution in [0.25, 0.3) is 0 Å². The van der Waals surface area contributed by atoms with E-state index in [0.717, 1.165) is 31.8 Å². The zero-order valence-corrected chi connectivity index (χ0v) is 15.3. The Kier molecular flexibility index (Phi) is 5.87. The largest absolute Gasteiger partial charge is 0.337 e. The lowest BCUT2D eigenvalue weighted by atomic mass is 10.1. The molecule has 1 aliphatic rings. The Morgan fingerprint density at radius 1 is 1.24 bits per heavy atom. The summed E-state index contributed by atoms with van der Waals surface area (Å²) in [5.74, 6) is 1.13. The van der Waals surface area contributed by atoms with E-state index in [0.29, 0.717) is 6.54 Å². The molecule has 1 saturated heterocycles. The van der Waals surface area contributed by atoms with Crippen LogP contribution in [0.4, 0.5) is 0 Å². The first-order chi connectivity index (χ1) is 12.1. The fourth-order valence-corrected chi connectivity index (χ4v) is 3.52. The second-order valence-corrected chi connectivity index (χ2v) is 7.00. The second kappa shape index (κ2) is 8.30. The van der Waals surface area contributed by atoms with Crippen LogP contribution in [0.2, 0.25) is 0 Å². The van der Waals surface area contributed by atoms with Crippen molar-refractivity contribution in [1.82, 2.24) is 19.4 Å². The van der Waals surface area contributed by atoms with Gasteiger partial charge in [-0.25, -0.2) is 4.98 Å². The van der Waals surface area contributed by atoms with Crippen molar-refractivity contribution in [3.05, 3.63) is 54.1 Å². The van der Waals surface area contributed by atoms with Crippen molar-refractivity contribution in [3.63, 3.8) is 0 Å². The summed E-state index contributed by atoms with van der Waals surface area (Å²) in [5, 5.41) is 0. The number of imidazole rings is 1. The standard InChI is InChI=1S/C20H28N4O/c1-22-13-8-4-7-11-18(22)20(25)23(2)16-19-21-12-14-24(19)15-17-9-5-3-6-10-17/h3,5-6,9-10,12,14,18H,4,7-8,11,13,15-16H2,1-2H3. The van der Waals surface area contributed by atoms with E-state index in [1.165, 1.54) is 18.4 Å². The van der Waals surface area contributed by atoms with Crippen LogP contribution in [0.15, 0.2) is 42.7 Å². The molecule has 1 atom stereocenters. The summed E-state index contributed by atoms with van der Waals surface area (Å²) >= 11 is 0. The normalized spacial score (nSPS) is 18.7. The minimum Gasteiger partial charge on any atom is -0.337 e. The third kappa shape index (κ3) is 4.48. The monoisotopic (exact) mass is 340 g/mol. The number of hydrogen-bond acceptors (Lipinski definition) is 3. The average molecular weight is 340 g/mol. The molecule has 3 rings (SSSR count). The van der Waals surface area contributed by atoms with Gasteiger partial charge in [-0.15, -0.1) is 0 Å². The number of likely N-dealkylation sites (N-methyl/N-ethyl adjacent to an activating group) is 2. The average Bonchev–Trinajstić information content (AvgIpc) is 2.92. The van der Waals surface area contributed by atoms with Crippen molar-refractivity contribution in [2.75, 3.05) is 20.6 Å². The summed E-state index contributed by atoms with van der Waals surface area (Å²) in [6, 6.07) is 10.3. The molecule has 1 aliphatic heterocycles. The predicted molar refractivity (Wildman–Crippen MR) is 99.1 cm³/mol. The van der Waals surface area contributed by atoms with Crippen molar-refractivity contribution in [1.29, 1.82) is 0 Å². The van der Waals surface area contributed by atoms with Crippen LogP contribution in [0.1, 0.15) is 37.1 Å². The number of benzene rings is 1. The topological polar surface area (TPSA) is 41.4 Å². The Hall–Kier alpha value is -2.14. The van der Waals surface area contributed by atoms with Gasteiger partial charge in [0.15, 0.2) is 0 Å². The lowest BCUT2D eigenvalue weighted by molar-refractivity contribution is -0.136. The number of hydrogen-bond donors (Lipinski definition) is 0. The third-order valence-electron chi connectivity index (χ3n) is 5.06. The van der Waals surface area contributed by atoms with Crippen molar-refractivity contribution in [2.24, 2.45) is 0 Å². The molecule has 1 fully saturated rings. The molecule has 0 aliphatic carbocycles. The summed E-state index contributed by atoms with van der Waals surface area (Å²) in [4.78, 5) is 21.4. The molecule has 1 aromatic carbocycles. The van der Waals surface area contributed by atoms with E-state index in [2.05, 4.69) is 33.6 Å². The number of nitrogens with zero attached hydrogens (tertiary/aromatic N) is 4. The maximum atomic E-state index is 12.9. The highest BCUT2D eigenvalue weighted by Gasteiger charge is 2.27. The molecule has 0 N–H and O–H groups in total. The van der Waals surface area contributed by atoms with Crippen molar-refractivity contribution >= 4 is 5.91 Å². The Labute approximate surface area is 150 Å². The summed E-state index contributed by atoms with van der Waals surface area (Å²) < 4.78 is 2.12. The van der Waals surface area contributed by atoms with E-state index in [-0.39, 0.29) is 11.9 Å². The highest BCUT2D eigenvalue weighted by atomic mass is 16.2. The molecule has 0 bridgehead atoms. The smallest absolute Gasteiger partial charge is 0.240 e.